The van der Waals surface area contributed by atoms with E-state index in [0.29, 0.717) is 27.8 Å². The van der Waals surface area contributed by atoms with Gasteiger partial charge in [-0.25, -0.2) is 4.79 Å². The highest BCUT2D eigenvalue weighted by Gasteiger charge is 2.17. The Kier molecular flexibility index (Phi) is 5.87. The number of benzene rings is 4. The van der Waals surface area contributed by atoms with Crippen LogP contribution in [-0.4, -0.2) is 22.1 Å². The maximum atomic E-state index is 12.7. The van der Waals surface area contributed by atoms with Crippen molar-refractivity contribution in [1.29, 1.82) is 0 Å². The fraction of sp³-hybridized carbons (Fsp3) is 0.0769. The number of aryl methyl sites for hydroxylation is 2. The summed E-state index contributed by atoms with van der Waals surface area (Å²) in [6.45, 7) is 3.80. The maximum Gasteiger partial charge on any atom is 0.336 e. The topological polar surface area (TPSA) is 111 Å². The first kappa shape index (κ1) is 21.7. The van der Waals surface area contributed by atoms with Gasteiger partial charge in [0, 0.05) is 11.1 Å². The molecule has 0 aromatic heterocycles. The normalized spacial score (nSPS) is 11.1. The number of amides is 1. The number of hydrogen-bond acceptors (Lipinski definition) is 5. The van der Waals surface area contributed by atoms with Crippen LogP contribution in [0, 0.1) is 13.8 Å². The van der Waals surface area contributed by atoms with Crippen LogP contribution in [0.25, 0.3) is 10.8 Å². The molecule has 0 bridgehead atoms. The summed E-state index contributed by atoms with van der Waals surface area (Å²) in [6, 6.07) is 20.5. The number of carboxylic acids is 1. The smallest absolute Gasteiger partial charge is 0.336 e. The lowest BCUT2D eigenvalue weighted by Crippen LogP contribution is -2.16. The number of fused-ring (bicyclic) bond motifs is 1. The van der Waals surface area contributed by atoms with Crippen LogP contribution in [0.1, 0.15) is 31.8 Å². The van der Waals surface area contributed by atoms with E-state index >= 15 is 0 Å². The number of carboxylic acid groups (broad SMARTS) is 1. The number of carbonyl (C=O) groups excluding carboxylic acids is 1. The van der Waals surface area contributed by atoms with Gasteiger partial charge in [0.25, 0.3) is 5.91 Å². The molecule has 0 aliphatic carbocycles. The highest BCUT2D eigenvalue weighted by Crippen LogP contribution is 2.39. The Morgan fingerprint density at radius 2 is 1.55 bits per heavy atom. The fourth-order valence-electron chi connectivity index (χ4n) is 3.50. The fourth-order valence-corrected chi connectivity index (χ4v) is 3.50. The van der Waals surface area contributed by atoms with Gasteiger partial charge in [-0.1, -0.05) is 29.8 Å². The van der Waals surface area contributed by atoms with Crippen molar-refractivity contribution in [2.45, 2.75) is 13.8 Å². The Hall–Kier alpha value is -4.52. The Labute approximate surface area is 190 Å². The summed E-state index contributed by atoms with van der Waals surface area (Å²) in [6.07, 6.45) is 0. The highest BCUT2D eigenvalue weighted by molar-refractivity contribution is 6.11. The van der Waals surface area contributed by atoms with E-state index in [9.17, 15) is 19.8 Å². The van der Waals surface area contributed by atoms with E-state index in [1.54, 1.807) is 30.3 Å². The molecular formula is C26H21N3O4. The molecule has 0 atom stereocenters. The van der Waals surface area contributed by atoms with Crippen molar-refractivity contribution < 1.29 is 19.8 Å². The summed E-state index contributed by atoms with van der Waals surface area (Å²) in [5.74, 6) is -1.71. The predicted molar refractivity (Wildman–Crippen MR) is 127 cm³/mol. The second-order valence-corrected chi connectivity index (χ2v) is 7.67. The number of aromatic carboxylic acids is 1. The minimum absolute atomic E-state index is 0.00467. The van der Waals surface area contributed by atoms with Gasteiger partial charge in [0.05, 0.1) is 16.8 Å². The van der Waals surface area contributed by atoms with Gasteiger partial charge in [0.2, 0.25) is 0 Å². The average molecular weight is 439 g/mol. The zero-order valence-corrected chi connectivity index (χ0v) is 18.0. The van der Waals surface area contributed by atoms with Gasteiger partial charge in [0.15, 0.2) is 5.75 Å². The number of anilines is 1. The number of phenols is 1. The van der Waals surface area contributed by atoms with Gasteiger partial charge >= 0.3 is 5.97 Å². The summed E-state index contributed by atoms with van der Waals surface area (Å²) in [5, 5.41) is 32.5. The Bertz CT molecular complexity index is 1410. The molecule has 7 nitrogen and oxygen atoms in total. The van der Waals surface area contributed by atoms with Crippen LogP contribution >= 0.6 is 0 Å². The summed E-state index contributed by atoms with van der Waals surface area (Å²) < 4.78 is 0. The van der Waals surface area contributed by atoms with E-state index in [1.165, 1.54) is 12.1 Å². The van der Waals surface area contributed by atoms with Crippen LogP contribution in [0.2, 0.25) is 0 Å². The number of nitrogens with zero attached hydrogens (tertiary/aromatic N) is 2. The molecule has 1 amide bonds. The van der Waals surface area contributed by atoms with Crippen LogP contribution in [-0.2, 0) is 0 Å². The second kappa shape index (κ2) is 8.92. The van der Waals surface area contributed by atoms with Crippen molar-refractivity contribution in [1.82, 2.24) is 0 Å². The van der Waals surface area contributed by atoms with Crippen molar-refractivity contribution in [2.75, 3.05) is 5.32 Å². The minimum atomic E-state index is -1.17. The molecule has 4 aromatic carbocycles. The molecule has 0 aliphatic rings. The van der Waals surface area contributed by atoms with Crippen molar-refractivity contribution in [2.24, 2.45) is 10.2 Å². The molecule has 4 aromatic rings. The number of azo groups is 1. The zero-order valence-electron chi connectivity index (χ0n) is 18.0. The first-order valence-electron chi connectivity index (χ1n) is 10.2. The Morgan fingerprint density at radius 3 is 2.24 bits per heavy atom. The number of nitrogens with one attached hydrogen (secondary N) is 1. The zero-order chi connectivity index (χ0) is 23.5. The van der Waals surface area contributed by atoms with Crippen molar-refractivity contribution in [3.8, 4) is 5.75 Å². The molecule has 0 unspecified atom stereocenters. The van der Waals surface area contributed by atoms with E-state index in [1.807, 2.05) is 44.2 Å². The molecule has 3 N–H and O–H groups in total. The molecule has 0 fully saturated rings. The van der Waals surface area contributed by atoms with E-state index in [0.717, 1.165) is 11.1 Å². The molecular weight excluding hydrogens is 418 g/mol. The number of aromatic hydroxyl groups is 1. The monoisotopic (exact) mass is 439 g/mol. The van der Waals surface area contributed by atoms with Gasteiger partial charge in [-0.3, -0.25) is 4.79 Å². The molecule has 7 heteroatoms. The molecule has 0 radical (unpaired) electrons. The second-order valence-electron chi connectivity index (χ2n) is 7.67. The van der Waals surface area contributed by atoms with E-state index in [4.69, 9.17) is 0 Å². The molecule has 0 saturated carbocycles. The lowest BCUT2D eigenvalue weighted by Gasteiger charge is -2.11. The third-order valence-electron chi connectivity index (χ3n) is 5.24. The summed E-state index contributed by atoms with van der Waals surface area (Å²) in [5.41, 5.74) is 3.35. The Balaban J connectivity index is 1.64. The molecule has 0 heterocycles. The molecule has 0 saturated heterocycles. The molecule has 0 spiro atoms. The standard InChI is InChI=1S/C26H21N3O4/c1-15-7-9-18(10-8-15)28-29-23-16(2)13-17-14-19(11-12-20(17)24(23)30)27-25(31)21-5-3-4-6-22(21)26(32)33/h3-14,30H,1-2H3,(H,27,31)(H,32,33). The van der Waals surface area contributed by atoms with Crippen molar-refractivity contribution >= 4 is 39.7 Å². The Morgan fingerprint density at radius 1 is 0.848 bits per heavy atom. The third-order valence-corrected chi connectivity index (χ3v) is 5.24. The highest BCUT2D eigenvalue weighted by atomic mass is 16.4. The molecule has 4 rings (SSSR count). The molecule has 164 valence electrons. The largest absolute Gasteiger partial charge is 0.505 e. The van der Waals surface area contributed by atoms with Gasteiger partial charge in [-0.05, 0) is 73.3 Å². The molecule has 0 aliphatic heterocycles. The summed E-state index contributed by atoms with van der Waals surface area (Å²) in [7, 11) is 0. The van der Waals surface area contributed by atoms with Crippen molar-refractivity contribution in [3.63, 3.8) is 0 Å². The number of phenolic OH excluding ortho intramolecular Hbond substituents is 1. The van der Waals surface area contributed by atoms with Crippen LogP contribution in [0.5, 0.6) is 5.75 Å². The SMILES string of the molecule is Cc1ccc(N=Nc2c(C)cc3cc(NC(=O)c4ccccc4C(=O)O)ccc3c2O)cc1. The van der Waals surface area contributed by atoms with E-state index in [-0.39, 0.29) is 16.9 Å². The predicted octanol–water partition coefficient (Wildman–Crippen LogP) is 6.53. The number of rotatable bonds is 5. The van der Waals surface area contributed by atoms with Gasteiger partial charge < -0.3 is 15.5 Å². The van der Waals surface area contributed by atoms with Crippen molar-refractivity contribution in [3.05, 3.63) is 95.1 Å². The summed E-state index contributed by atoms with van der Waals surface area (Å²) in [4.78, 5) is 24.0. The molecule has 33 heavy (non-hydrogen) atoms. The van der Waals surface area contributed by atoms with Crippen LogP contribution < -0.4 is 5.32 Å². The minimum Gasteiger partial charge on any atom is -0.505 e. The van der Waals surface area contributed by atoms with Crippen LogP contribution in [0.4, 0.5) is 17.1 Å². The van der Waals surface area contributed by atoms with Gasteiger partial charge in [-0.2, -0.15) is 5.11 Å². The maximum absolute atomic E-state index is 12.7. The lowest BCUT2D eigenvalue weighted by atomic mass is 10.0. The van der Waals surface area contributed by atoms with Crippen LogP contribution in [0.3, 0.4) is 0 Å². The lowest BCUT2D eigenvalue weighted by molar-refractivity contribution is 0.0692. The first-order valence-corrected chi connectivity index (χ1v) is 10.2. The number of hydrogen-bond donors (Lipinski definition) is 3. The van der Waals surface area contributed by atoms with Gasteiger partial charge in [-0.15, -0.1) is 5.11 Å². The number of carbonyl (C=O) groups is 2. The van der Waals surface area contributed by atoms with Crippen LogP contribution in [0.15, 0.2) is 83.0 Å². The quantitative estimate of drug-likeness (QED) is 0.307. The van der Waals surface area contributed by atoms with Gasteiger partial charge in [0.1, 0.15) is 5.69 Å². The summed E-state index contributed by atoms with van der Waals surface area (Å²) >= 11 is 0. The third kappa shape index (κ3) is 4.57. The first-order chi connectivity index (χ1) is 15.8. The van der Waals surface area contributed by atoms with E-state index < -0.39 is 11.9 Å². The van der Waals surface area contributed by atoms with E-state index in [2.05, 4.69) is 15.5 Å². The average Bonchev–Trinajstić information content (AvgIpc) is 2.80.